The number of nitrogens with one attached hydrogen (secondary N) is 2. The fourth-order valence-corrected chi connectivity index (χ4v) is 4.41. The first-order valence-electron chi connectivity index (χ1n) is 8.04. The minimum atomic E-state index is -0.694. The summed E-state index contributed by atoms with van der Waals surface area (Å²) in [6.07, 6.45) is 0. The molecule has 138 valence electrons. The third-order valence-electron chi connectivity index (χ3n) is 3.82. The Morgan fingerprint density at radius 1 is 0.889 bits per heavy atom. The quantitative estimate of drug-likeness (QED) is 0.604. The maximum absolute atomic E-state index is 12.6. The van der Waals surface area contributed by atoms with Crippen molar-refractivity contribution in [3.05, 3.63) is 68.2 Å². The van der Waals surface area contributed by atoms with E-state index in [0.29, 0.717) is 21.0 Å². The summed E-state index contributed by atoms with van der Waals surface area (Å²) in [6.45, 7) is 3.54. The molecular weight excluding hydrogens is 382 g/mol. The number of carbonyl (C=O) groups excluding carboxylic acids is 3. The maximum Gasteiger partial charge on any atom is 0.266 e. The number of amides is 3. The number of anilines is 2. The molecule has 6 nitrogen and oxygen atoms in total. The van der Waals surface area contributed by atoms with Crippen LogP contribution in [-0.4, -0.2) is 17.7 Å². The van der Waals surface area contributed by atoms with E-state index in [4.69, 9.17) is 5.73 Å². The second kappa shape index (κ2) is 7.73. The molecule has 0 fully saturated rings. The molecule has 8 heteroatoms. The van der Waals surface area contributed by atoms with Crippen molar-refractivity contribution in [2.75, 3.05) is 10.6 Å². The third-order valence-corrected chi connectivity index (χ3v) is 6.03. The molecule has 0 saturated carbocycles. The van der Waals surface area contributed by atoms with E-state index in [1.807, 2.05) is 19.1 Å². The van der Waals surface area contributed by atoms with Gasteiger partial charge in [0.15, 0.2) is 0 Å². The molecule has 0 atom stereocenters. The Labute approximate surface area is 164 Å². The summed E-state index contributed by atoms with van der Waals surface area (Å²) in [5.74, 6) is -1.40. The zero-order valence-electron chi connectivity index (χ0n) is 14.7. The fraction of sp³-hybridized carbons (Fsp3) is 0.105. The summed E-state index contributed by atoms with van der Waals surface area (Å²) in [6, 6.07) is 12.5. The number of hydrogen-bond donors (Lipinski definition) is 3. The average Bonchev–Trinajstić information content (AvgIpc) is 3.19. The topological polar surface area (TPSA) is 101 Å². The SMILES string of the molecule is Cc1ccc(C(=O)Nc2sc(C(=O)Nc3ccccc3)c(C)c2C(N)=O)s1. The predicted octanol–water partition coefficient (Wildman–Crippen LogP) is 4.03. The largest absolute Gasteiger partial charge is 0.365 e. The average molecular weight is 399 g/mol. The number of nitrogens with two attached hydrogens (primary N) is 1. The van der Waals surface area contributed by atoms with Crippen LogP contribution in [-0.2, 0) is 0 Å². The van der Waals surface area contributed by atoms with Crippen LogP contribution in [0.2, 0.25) is 0 Å². The molecule has 0 aliphatic carbocycles. The van der Waals surface area contributed by atoms with Gasteiger partial charge in [-0.2, -0.15) is 0 Å². The van der Waals surface area contributed by atoms with Gasteiger partial charge >= 0.3 is 0 Å². The molecule has 0 aliphatic rings. The summed E-state index contributed by atoms with van der Waals surface area (Å²) >= 11 is 2.38. The third kappa shape index (κ3) is 4.07. The van der Waals surface area contributed by atoms with Crippen LogP contribution in [0.5, 0.6) is 0 Å². The number of thiophene rings is 2. The van der Waals surface area contributed by atoms with E-state index in [1.54, 1.807) is 37.3 Å². The van der Waals surface area contributed by atoms with E-state index in [-0.39, 0.29) is 22.4 Å². The molecule has 3 amide bonds. The van der Waals surface area contributed by atoms with E-state index in [0.717, 1.165) is 16.2 Å². The zero-order valence-corrected chi connectivity index (χ0v) is 16.3. The molecule has 1 aromatic carbocycles. The second-order valence-corrected chi connectivity index (χ2v) is 8.12. The van der Waals surface area contributed by atoms with Crippen LogP contribution in [0.1, 0.15) is 40.1 Å². The molecular formula is C19H17N3O3S2. The maximum atomic E-state index is 12.6. The Morgan fingerprint density at radius 2 is 1.59 bits per heavy atom. The van der Waals surface area contributed by atoms with E-state index in [9.17, 15) is 14.4 Å². The van der Waals surface area contributed by atoms with Gasteiger partial charge < -0.3 is 16.4 Å². The van der Waals surface area contributed by atoms with Crippen molar-refractivity contribution in [2.24, 2.45) is 5.73 Å². The highest BCUT2D eigenvalue weighted by Gasteiger charge is 2.25. The lowest BCUT2D eigenvalue weighted by Gasteiger charge is -2.04. The summed E-state index contributed by atoms with van der Waals surface area (Å²) in [5, 5.41) is 5.76. The predicted molar refractivity (Wildman–Crippen MR) is 109 cm³/mol. The monoisotopic (exact) mass is 399 g/mol. The van der Waals surface area contributed by atoms with Gasteiger partial charge in [-0.25, -0.2) is 0 Å². The Balaban J connectivity index is 1.90. The van der Waals surface area contributed by atoms with Crippen molar-refractivity contribution in [1.82, 2.24) is 0 Å². The molecule has 0 radical (unpaired) electrons. The Hall–Kier alpha value is -2.97. The van der Waals surface area contributed by atoms with E-state index < -0.39 is 5.91 Å². The van der Waals surface area contributed by atoms with E-state index in [2.05, 4.69) is 10.6 Å². The van der Waals surface area contributed by atoms with Crippen LogP contribution in [0.25, 0.3) is 0 Å². The van der Waals surface area contributed by atoms with Gasteiger partial charge in [-0.1, -0.05) is 18.2 Å². The molecule has 0 aliphatic heterocycles. The van der Waals surface area contributed by atoms with Crippen LogP contribution >= 0.6 is 22.7 Å². The Bertz CT molecular complexity index is 1020. The molecule has 0 saturated heterocycles. The molecule has 0 spiro atoms. The van der Waals surface area contributed by atoms with Gasteiger partial charge in [-0.15, -0.1) is 22.7 Å². The Kier molecular flexibility index (Phi) is 5.38. The zero-order chi connectivity index (χ0) is 19.6. The number of aryl methyl sites for hydroxylation is 1. The van der Waals surface area contributed by atoms with Gasteiger partial charge in [0.25, 0.3) is 17.7 Å². The van der Waals surface area contributed by atoms with Crippen LogP contribution in [0, 0.1) is 13.8 Å². The minimum absolute atomic E-state index is 0.153. The van der Waals surface area contributed by atoms with Gasteiger partial charge in [-0.05, 0) is 43.7 Å². The molecule has 4 N–H and O–H groups in total. The number of carbonyl (C=O) groups is 3. The smallest absolute Gasteiger partial charge is 0.266 e. The number of primary amides is 1. The Morgan fingerprint density at radius 3 is 2.19 bits per heavy atom. The number of hydrogen-bond acceptors (Lipinski definition) is 5. The first-order chi connectivity index (χ1) is 12.9. The van der Waals surface area contributed by atoms with Crippen molar-refractivity contribution in [2.45, 2.75) is 13.8 Å². The minimum Gasteiger partial charge on any atom is -0.365 e. The second-order valence-electron chi connectivity index (χ2n) is 5.81. The van der Waals surface area contributed by atoms with Crippen molar-refractivity contribution in [3.8, 4) is 0 Å². The van der Waals surface area contributed by atoms with Crippen LogP contribution in [0.3, 0.4) is 0 Å². The standard InChI is InChI=1S/C19H17N3O3S2/c1-10-8-9-13(26-10)17(24)22-19-14(16(20)23)11(2)15(27-19)18(25)21-12-6-4-3-5-7-12/h3-9H,1-2H3,(H2,20,23)(H,21,25)(H,22,24). The van der Waals surface area contributed by atoms with Crippen molar-refractivity contribution in [3.63, 3.8) is 0 Å². The summed E-state index contributed by atoms with van der Waals surface area (Å²) in [5.41, 5.74) is 6.72. The van der Waals surface area contributed by atoms with E-state index >= 15 is 0 Å². The van der Waals surface area contributed by atoms with Gasteiger partial charge in [0.05, 0.1) is 15.3 Å². The van der Waals surface area contributed by atoms with Gasteiger partial charge in [0.1, 0.15) is 5.00 Å². The van der Waals surface area contributed by atoms with Crippen molar-refractivity contribution >= 4 is 51.1 Å². The normalized spacial score (nSPS) is 10.4. The lowest BCUT2D eigenvalue weighted by atomic mass is 10.1. The van der Waals surface area contributed by atoms with Gasteiger partial charge in [0, 0.05) is 10.6 Å². The first kappa shape index (κ1) is 18.8. The van der Waals surface area contributed by atoms with Crippen molar-refractivity contribution < 1.29 is 14.4 Å². The highest BCUT2D eigenvalue weighted by atomic mass is 32.1. The first-order valence-corrected chi connectivity index (χ1v) is 9.67. The van der Waals surface area contributed by atoms with Crippen LogP contribution < -0.4 is 16.4 Å². The summed E-state index contributed by atoms with van der Waals surface area (Å²) in [7, 11) is 0. The molecule has 27 heavy (non-hydrogen) atoms. The van der Waals surface area contributed by atoms with E-state index in [1.165, 1.54) is 11.3 Å². The van der Waals surface area contributed by atoms with Gasteiger partial charge in [-0.3, -0.25) is 14.4 Å². The number of benzene rings is 1. The molecule has 3 aromatic rings. The lowest BCUT2D eigenvalue weighted by Crippen LogP contribution is -2.17. The highest BCUT2D eigenvalue weighted by Crippen LogP contribution is 2.34. The summed E-state index contributed by atoms with van der Waals surface area (Å²) in [4.78, 5) is 38.8. The molecule has 2 heterocycles. The summed E-state index contributed by atoms with van der Waals surface area (Å²) < 4.78 is 0. The molecule has 2 aromatic heterocycles. The van der Waals surface area contributed by atoms with Crippen molar-refractivity contribution in [1.29, 1.82) is 0 Å². The van der Waals surface area contributed by atoms with Crippen LogP contribution in [0.15, 0.2) is 42.5 Å². The molecule has 0 bridgehead atoms. The van der Waals surface area contributed by atoms with Gasteiger partial charge in [0.2, 0.25) is 0 Å². The number of rotatable bonds is 5. The van der Waals surface area contributed by atoms with Crippen LogP contribution in [0.4, 0.5) is 10.7 Å². The lowest BCUT2D eigenvalue weighted by molar-refractivity contribution is 0.100. The fourth-order valence-electron chi connectivity index (χ4n) is 2.55. The molecule has 3 rings (SSSR count). The molecule has 0 unspecified atom stereocenters. The number of para-hydroxylation sites is 1. The highest BCUT2D eigenvalue weighted by molar-refractivity contribution is 7.19.